The third kappa shape index (κ3) is 4.27. The number of benzene rings is 1. The van der Waals surface area contributed by atoms with Crippen molar-refractivity contribution in [2.45, 2.75) is 32.6 Å². The molecule has 1 aromatic carbocycles. The second-order valence-electron chi connectivity index (χ2n) is 9.23. The topological polar surface area (TPSA) is 147 Å². The lowest BCUT2D eigenvalue weighted by molar-refractivity contribution is -0.116. The number of pyridine rings is 2. The number of hydrogen-bond acceptors (Lipinski definition) is 8. The zero-order chi connectivity index (χ0) is 26.3. The number of aromatic amines is 1. The number of rotatable bonds is 5. The summed E-state index contributed by atoms with van der Waals surface area (Å²) in [5.41, 5.74) is 1.67. The van der Waals surface area contributed by atoms with Crippen molar-refractivity contribution in [1.29, 1.82) is 5.26 Å². The van der Waals surface area contributed by atoms with Crippen LogP contribution < -0.4 is 11.2 Å². The summed E-state index contributed by atoms with van der Waals surface area (Å²) in [6, 6.07) is 12.8. The van der Waals surface area contributed by atoms with Crippen LogP contribution in [0.25, 0.3) is 38.9 Å². The molecular weight excluding hydrogens is 470 g/mol. The van der Waals surface area contributed by atoms with E-state index in [9.17, 15) is 19.6 Å². The van der Waals surface area contributed by atoms with Gasteiger partial charge in [-0.25, -0.2) is 19.7 Å². The second kappa shape index (κ2) is 8.87. The molecule has 10 nitrogen and oxygen atoms in total. The SMILES string of the molecule is CC(=O)Cc1ncc(-c2ccc3ncc4c(=O)[nH]c(=O)n(-c5ccc(C(C)(C)C#N)cc5)c4c3n2)cn1. The van der Waals surface area contributed by atoms with Crippen LogP contribution in [0.2, 0.25) is 0 Å². The molecule has 0 aliphatic rings. The zero-order valence-electron chi connectivity index (χ0n) is 20.3. The van der Waals surface area contributed by atoms with Crippen molar-refractivity contribution in [3.05, 3.63) is 87.2 Å². The van der Waals surface area contributed by atoms with Crippen LogP contribution in [0.15, 0.2) is 64.6 Å². The maximum Gasteiger partial charge on any atom is 0.333 e. The van der Waals surface area contributed by atoms with E-state index in [2.05, 4.69) is 26.0 Å². The highest BCUT2D eigenvalue weighted by atomic mass is 16.2. The lowest BCUT2D eigenvalue weighted by atomic mass is 9.86. The Balaban J connectivity index is 1.74. The van der Waals surface area contributed by atoms with E-state index in [1.54, 1.807) is 48.8 Å². The number of carbonyl (C=O) groups excluding carboxylic acids is 1. The van der Waals surface area contributed by atoms with Crippen LogP contribution in [-0.4, -0.2) is 35.3 Å². The standard InChI is InChI=1S/C27H21N7O3/c1-15(35)10-22-30-11-16(12-31-22)20-8-9-21-23(32-20)24-19(13-29-21)25(36)33-26(37)34(24)18-6-4-17(5-7-18)27(2,3)14-28/h4-9,11-13H,10H2,1-3H3,(H,33,36,37). The number of nitrogens with zero attached hydrogens (tertiary/aromatic N) is 6. The Hall–Kier alpha value is -5.04. The first-order valence-corrected chi connectivity index (χ1v) is 11.5. The summed E-state index contributed by atoms with van der Waals surface area (Å²) in [5.74, 6) is 0.370. The van der Waals surface area contributed by atoms with Crippen molar-refractivity contribution in [3.63, 3.8) is 0 Å². The van der Waals surface area contributed by atoms with Crippen LogP contribution in [0.1, 0.15) is 32.2 Å². The Bertz CT molecular complexity index is 1850. The first kappa shape index (κ1) is 23.7. The molecule has 4 aromatic heterocycles. The van der Waals surface area contributed by atoms with Crippen LogP contribution in [-0.2, 0) is 16.6 Å². The Kier molecular flexibility index (Phi) is 5.68. The van der Waals surface area contributed by atoms with E-state index in [-0.39, 0.29) is 17.6 Å². The number of carbonyl (C=O) groups is 1. The molecule has 0 saturated carbocycles. The van der Waals surface area contributed by atoms with E-state index in [0.29, 0.717) is 39.3 Å². The van der Waals surface area contributed by atoms with Crippen molar-refractivity contribution in [3.8, 4) is 23.0 Å². The number of nitriles is 1. The molecule has 0 bridgehead atoms. The van der Waals surface area contributed by atoms with Crippen LogP contribution in [0.4, 0.5) is 0 Å². The van der Waals surface area contributed by atoms with Gasteiger partial charge in [-0.2, -0.15) is 5.26 Å². The summed E-state index contributed by atoms with van der Waals surface area (Å²) in [6.07, 6.45) is 4.71. The van der Waals surface area contributed by atoms with E-state index in [1.165, 1.54) is 17.7 Å². The predicted octanol–water partition coefficient (Wildman–Crippen LogP) is 3.01. The summed E-state index contributed by atoms with van der Waals surface area (Å²) in [5, 5.41) is 9.66. The number of nitrogens with one attached hydrogen (secondary N) is 1. The lowest BCUT2D eigenvalue weighted by Crippen LogP contribution is -2.29. The molecule has 0 atom stereocenters. The molecule has 0 spiro atoms. The largest absolute Gasteiger partial charge is 0.333 e. The van der Waals surface area contributed by atoms with Gasteiger partial charge < -0.3 is 0 Å². The minimum Gasteiger partial charge on any atom is -0.300 e. The smallest absolute Gasteiger partial charge is 0.300 e. The average Bonchev–Trinajstić information content (AvgIpc) is 2.88. The van der Waals surface area contributed by atoms with Gasteiger partial charge in [0.25, 0.3) is 5.56 Å². The van der Waals surface area contributed by atoms with Crippen LogP contribution in [0, 0.1) is 11.3 Å². The molecular formula is C27H21N7O3. The third-order valence-electron chi connectivity index (χ3n) is 6.11. The highest BCUT2D eigenvalue weighted by molar-refractivity contribution is 6.01. The molecule has 0 unspecified atom stereocenters. The fraction of sp³-hybridized carbons (Fsp3) is 0.185. The van der Waals surface area contributed by atoms with Crippen LogP contribution in [0.5, 0.6) is 0 Å². The molecule has 5 aromatic rings. The summed E-state index contributed by atoms with van der Waals surface area (Å²) in [4.78, 5) is 57.1. The molecule has 0 aliphatic heterocycles. The Labute approximate surface area is 210 Å². The maximum atomic E-state index is 13.1. The monoisotopic (exact) mass is 491 g/mol. The lowest BCUT2D eigenvalue weighted by Gasteiger charge is -2.17. The number of Topliss-reactive ketones (excluding diaryl/α,β-unsaturated/α-hetero) is 1. The number of aromatic nitrogens is 6. The normalized spacial score (nSPS) is 11.5. The van der Waals surface area contributed by atoms with Gasteiger partial charge in [-0.15, -0.1) is 0 Å². The highest BCUT2D eigenvalue weighted by Crippen LogP contribution is 2.27. The van der Waals surface area contributed by atoms with Crippen LogP contribution in [0.3, 0.4) is 0 Å². The van der Waals surface area contributed by atoms with Gasteiger partial charge >= 0.3 is 5.69 Å². The molecule has 182 valence electrons. The molecule has 0 saturated heterocycles. The fourth-order valence-electron chi connectivity index (χ4n) is 4.07. The van der Waals surface area contributed by atoms with Gasteiger partial charge in [-0.05, 0) is 50.6 Å². The van der Waals surface area contributed by atoms with Gasteiger partial charge in [0.1, 0.15) is 17.1 Å². The molecule has 0 aliphatic carbocycles. The van der Waals surface area contributed by atoms with Gasteiger partial charge in [0, 0.05) is 24.2 Å². The second-order valence-corrected chi connectivity index (χ2v) is 9.23. The van der Waals surface area contributed by atoms with E-state index >= 15 is 0 Å². The zero-order valence-corrected chi connectivity index (χ0v) is 20.3. The van der Waals surface area contributed by atoms with E-state index < -0.39 is 16.7 Å². The predicted molar refractivity (Wildman–Crippen MR) is 137 cm³/mol. The number of H-pyrrole nitrogens is 1. The summed E-state index contributed by atoms with van der Waals surface area (Å²) in [6.45, 7) is 5.09. The molecule has 10 heteroatoms. The number of ketones is 1. The summed E-state index contributed by atoms with van der Waals surface area (Å²) in [7, 11) is 0. The molecule has 0 fully saturated rings. The Morgan fingerprint density at radius 2 is 1.73 bits per heavy atom. The Morgan fingerprint density at radius 1 is 1.03 bits per heavy atom. The van der Waals surface area contributed by atoms with E-state index in [4.69, 9.17) is 4.98 Å². The maximum absolute atomic E-state index is 13.1. The first-order chi connectivity index (χ1) is 17.7. The van der Waals surface area contributed by atoms with Crippen molar-refractivity contribution in [2.75, 3.05) is 0 Å². The Morgan fingerprint density at radius 3 is 2.38 bits per heavy atom. The number of fused-ring (bicyclic) bond motifs is 3. The molecule has 1 N–H and O–H groups in total. The van der Waals surface area contributed by atoms with Gasteiger partial charge in [-0.3, -0.25) is 24.1 Å². The van der Waals surface area contributed by atoms with E-state index in [0.717, 1.165) is 5.56 Å². The van der Waals surface area contributed by atoms with Gasteiger partial charge in [0.2, 0.25) is 0 Å². The quantitative estimate of drug-likeness (QED) is 0.369. The molecule has 5 rings (SSSR count). The third-order valence-corrected chi connectivity index (χ3v) is 6.11. The van der Waals surface area contributed by atoms with Crippen LogP contribution >= 0.6 is 0 Å². The summed E-state index contributed by atoms with van der Waals surface area (Å²) >= 11 is 0. The minimum absolute atomic E-state index is 0.0402. The van der Waals surface area contributed by atoms with Crippen molar-refractivity contribution in [2.24, 2.45) is 0 Å². The molecule has 0 radical (unpaired) electrons. The van der Waals surface area contributed by atoms with Crippen molar-refractivity contribution >= 4 is 27.7 Å². The van der Waals surface area contributed by atoms with E-state index in [1.807, 2.05) is 13.8 Å². The molecule has 0 amide bonds. The average molecular weight is 492 g/mol. The summed E-state index contributed by atoms with van der Waals surface area (Å²) < 4.78 is 1.38. The van der Waals surface area contributed by atoms with Crippen molar-refractivity contribution < 1.29 is 4.79 Å². The fourth-order valence-corrected chi connectivity index (χ4v) is 4.07. The molecule has 37 heavy (non-hydrogen) atoms. The first-order valence-electron chi connectivity index (χ1n) is 11.5. The van der Waals surface area contributed by atoms with Gasteiger partial charge in [0.15, 0.2) is 0 Å². The van der Waals surface area contributed by atoms with Crippen molar-refractivity contribution in [1.82, 2.24) is 29.5 Å². The molecule has 4 heterocycles. The number of hydrogen-bond donors (Lipinski definition) is 1. The van der Waals surface area contributed by atoms with Gasteiger partial charge in [-0.1, -0.05) is 12.1 Å². The highest BCUT2D eigenvalue weighted by Gasteiger charge is 2.20. The minimum atomic E-state index is -0.703. The van der Waals surface area contributed by atoms with Gasteiger partial charge in [0.05, 0.1) is 45.7 Å².